The Kier molecular flexibility index (Phi) is 1.71. The number of rotatable bonds is 1. The molecule has 1 amide bonds. The molecule has 1 N–H and O–H groups in total. The van der Waals surface area contributed by atoms with Crippen LogP contribution in [0.1, 0.15) is 13.3 Å². The zero-order chi connectivity index (χ0) is 7.56. The Hall–Kier alpha value is -1.32. The highest BCUT2D eigenvalue weighted by molar-refractivity contribution is 6.18. The third-order valence-electron chi connectivity index (χ3n) is 1.02. The first-order valence-corrected chi connectivity index (χ1v) is 2.88. The van der Waals surface area contributed by atoms with Crippen LogP contribution in [0.3, 0.4) is 0 Å². The van der Waals surface area contributed by atoms with Crippen molar-refractivity contribution in [1.82, 2.24) is 5.48 Å². The number of amides is 1. The van der Waals surface area contributed by atoms with Crippen molar-refractivity contribution in [3.05, 3.63) is 11.6 Å². The van der Waals surface area contributed by atoms with Crippen LogP contribution in [0, 0.1) is 6.08 Å². The lowest BCUT2D eigenvalue weighted by atomic mass is 10.2. The normalized spacial score (nSPS) is 21.1. The number of carbonyl (C=O) groups is 2. The summed E-state index contributed by atoms with van der Waals surface area (Å²) in [6, 6.07) is 0. The first-order chi connectivity index (χ1) is 4.75. The molecule has 0 saturated carbocycles. The third-order valence-corrected chi connectivity index (χ3v) is 1.02. The first-order valence-electron chi connectivity index (χ1n) is 2.88. The van der Waals surface area contributed by atoms with Gasteiger partial charge in [-0.1, -0.05) is 6.92 Å². The van der Waals surface area contributed by atoms with Gasteiger partial charge in [0.2, 0.25) is 0 Å². The molecule has 1 heterocycles. The van der Waals surface area contributed by atoms with Gasteiger partial charge in [-0.3, -0.25) is 4.79 Å². The van der Waals surface area contributed by atoms with E-state index in [1.165, 1.54) is 0 Å². The third kappa shape index (κ3) is 1.00. The van der Waals surface area contributed by atoms with Crippen molar-refractivity contribution in [3.8, 4) is 0 Å². The van der Waals surface area contributed by atoms with Crippen molar-refractivity contribution >= 4 is 11.9 Å². The lowest BCUT2D eigenvalue weighted by molar-refractivity contribution is -0.143. The molecule has 10 heavy (non-hydrogen) atoms. The van der Waals surface area contributed by atoms with Gasteiger partial charge in [0, 0.05) is 0 Å². The summed E-state index contributed by atoms with van der Waals surface area (Å²) in [5.41, 5.74) is 1.89. The highest BCUT2D eigenvalue weighted by Crippen LogP contribution is 2.04. The Morgan fingerprint density at radius 1 is 1.60 bits per heavy atom. The van der Waals surface area contributed by atoms with Crippen LogP contribution in [0.15, 0.2) is 5.57 Å². The van der Waals surface area contributed by atoms with Crippen molar-refractivity contribution in [2.24, 2.45) is 0 Å². The Bertz CT molecular complexity index is 189. The van der Waals surface area contributed by atoms with E-state index < -0.39 is 11.9 Å². The maximum absolute atomic E-state index is 10.6. The molecule has 1 radical (unpaired) electrons. The number of hydrogen-bond donors (Lipinski definition) is 1. The summed E-state index contributed by atoms with van der Waals surface area (Å²) in [5.74, 6) is -1.15. The fourth-order valence-electron chi connectivity index (χ4n) is 0.617. The Morgan fingerprint density at radius 3 is 2.70 bits per heavy atom. The van der Waals surface area contributed by atoms with Gasteiger partial charge < -0.3 is 4.84 Å². The zero-order valence-corrected chi connectivity index (χ0v) is 5.43. The molecule has 1 fully saturated rings. The lowest BCUT2D eigenvalue weighted by Gasteiger charge is -1.81. The molecule has 4 heteroatoms. The molecule has 1 aliphatic heterocycles. The second-order valence-corrected chi connectivity index (χ2v) is 1.73. The van der Waals surface area contributed by atoms with E-state index in [0.717, 1.165) is 0 Å². The Labute approximate surface area is 57.8 Å². The molecular formula is C6H6NO3. The highest BCUT2D eigenvalue weighted by atomic mass is 16.7. The zero-order valence-electron chi connectivity index (χ0n) is 5.43. The summed E-state index contributed by atoms with van der Waals surface area (Å²) in [4.78, 5) is 25.4. The minimum absolute atomic E-state index is 0.0255. The van der Waals surface area contributed by atoms with Gasteiger partial charge in [-0.2, -0.15) is 5.48 Å². The predicted molar refractivity (Wildman–Crippen MR) is 31.3 cm³/mol. The second kappa shape index (κ2) is 2.51. The van der Waals surface area contributed by atoms with Crippen LogP contribution in [0.5, 0.6) is 0 Å². The molecular weight excluding hydrogens is 134 g/mol. The van der Waals surface area contributed by atoms with Crippen molar-refractivity contribution in [3.63, 3.8) is 0 Å². The van der Waals surface area contributed by atoms with Gasteiger partial charge in [-0.25, -0.2) is 4.79 Å². The van der Waals surface area contributed by atoms with Crippen molar-refractivity contribution in [2.45, 2.75) is 13.3 Å². The van der Waals surface area contributed by atoms with E-state index in [2.05, 4.69) is 10.9 Å². The molecule has 0 aliphatic carbocycles. The molecule has 0 spiro atoms. The minimum atomic E-state index is -0.646. The van der Waals surface area contributed by atoms with Crippen LogP contribution >= 0.6 is 0 Å². The number of hydrogen-bond acceptors (Lipinski definition) is 3. The van der Waals surface area contributed by atoms with Gasteiger partial charge >= 0.3 is 5.97 Å². The lowest BCUT2D eigenvalue weighted by Crippen LogP contribution is -2.12. The molecule has 4 nitrogen and oxygen atoms in total. The van der Waals surface area contributed by atoms with E-state index in [1.807, 2.05) is 5.48 Å². The molecule has 0 atom stereocenters. The van der Waals surface area contributed by atoms with E-state index >= 15 is 0 Å². The van der Waals surface area contributed by atoms with Crippen LogP contribution < -0.4 is 5.48 Å². The minimum Gasteiger partial charge on any atom is -0.335 e. The van der Waals surface area contributed by atoms with Crippen molar-refractivity contribution in [1.29, 1.82) is 0 Å². The van der Waals surface area contributed by atoms with E-state index in [9.17, 15) is 9.59 Å². The van der Waals surface area contributed by atoms with Crippen LogP contribution in [0.4, 0.5) is 0 Å². The van der Waals surface area contributed by atoms with Gasteiger partial charge in [0.05, 0.1) is 0 Å². The molecule has 53 valence electrons. The summed E-state index contributed by atoms with van der Waals surface area (Å²) in [7, 11) is 0. The van der Waals surface area contributed by atoms with Crippen LogP contribution in [-0.2, 0) is 14.4 Å². The summed E-state index contributed by atoms with van der Waals surface area (Å²) in [5, 5.41) is 0. The molecule has 0 bridgehead atoms. The molecule has 0 unspecified atom stereocenters. The smallest absolute Gasteiger partial charge is 0.335 e. The number of hydroxylamine groups is 1. The van der Waals surface area contributed by atoms with Crippen LogP contribution in [-0.4, -0.2) is 11.9 Å². The molecule has 0 aromatic heterocycles. The van der Waals surface area contributed by atoms with Crippen molar-refractivity contribution in [2.75, 3.05) is 0 Å². The van der Waals surface area contributed by atoms with Gasteiger partial charge in [0.25, 0.3) is 5.91 Å². The van der Waals surface area contributed by atoms with Gasteiger partial charge in [0.1, 0.15) is 5.57 Å². The fraction of sp³-hybridized carbons (Fsp3) is 0.333. The summed E-state index contributed by atoms with van der Waals surface area (Å²) in [6.07, 6.45) is 3.10. The van der Waals surface area contributed by atoms with Gasteiger partial charge in [0.15, 0.2) is 0 Å². The average Bonchev–Trinajstić information content (AvgIpc) is 2.20. The summed E-state index contributed by atoms with van der Waals surface area (Å²) >= 11 is 0. The number of nitrogens with one attached hydrogen (secondary N) is 1. The molecule has 0 aromatic carbocycles. The van der Waals surface area contributed by atoms with Gasteiger partial charge in [-0.15, -0.1) is 0 Å². The predicted octanol–water partition coefficient (Wildman–Crippen LogP) is -0.286. The summed E-state index contributed by atoms with van der Waals surface area (Å²) < 4.78 is 0. The Balaban J connectivity index is 2.82. The van der Waals surface area contributed by atoms with E-state index in [-0.39, 0.29) is 5.57 Å². The molecule has 1 aliphatic rings. The highest BCUT2D eigenvalue weighted by Gasteiger charge is 2.27. The van der Waals surface area contributed by atoms with E-state index in [1.54, 1.807) is 6.92 Å². The van der Waals surface area contributed by atoms with Crippen LogP contribution in [0.2, 0.25) is 0 Å². The largest absolute Gasteiger partial charge is 0.368 e. The number of carbonyl (C=O) groups excluding carboxylic acids is 2. The van der Waals surface area contributed by atoms with E-state index in [4.69, 9.17) is 0 Å². The van der Waals surface area contributed by atoms with Crippen molar-refractivity contribution < 1.29 is 14.4 Å². The standard InChI is InChI=1S/C6H6NO3/c1-2-3-4-5(8)7-10-6(4)9/h2H2,1H3,(H,7,8). The second-order valence-electron chi connectivity index (χ2n) is 1.73. The molecule has 1 saturated heterocycles. The number of allylic oxidation sites excluding steroid dienone is 1. The average molecular weight is 140 g/mol. The van der Waals surface area contributed by atoms with E-state index in [0.29, 0.717) is 6.42 Å². The van der Waals surface area contributed by atoms with Crippen LogP contribution in [0.25, 0.3) is 0 Å². The molecule has 1 rings (SSSR count). The summed E-state index contributed by atoms with van der Waals surface area (Å²) in [6.45, 7) is 1.78. The SMILES string of the molecule is CC/[C]=C1\C(=O)NOC1=O. The first kappa shape index (κ1) is 6.80. The Morgan fingerprint density at radius 2 is 2.30 bits per heavy atom. The van der Waals surface area contributed by atoms with Gasteiger partial charge in [-0.05, 0) is 12.5 Å². The quantitative estimate of drug-likeness (QED) is 0.402. The maximum Gasteiger partial charge on any atom is 0.368 e. The fourth-order valence-corrected chi connectivity index (χ4v) is 0.617. The molecule has 0 aromatic rings. The topological polar surface area (TPSA) is 55.4 Å². The maximum atomic E-state index is 10.6. The monoisotopic (exact) mass is 140 g/mol.